The number of ether oxygens (including phenoxy) is 1. The minimum absolute atomic E-state index is 0.133. The second kappa shape index (κ2) is 10.4. The molecule has 2 N–H and O–H groups in total. The van der Waals surface area contributed by atoms with Gasteiger partial charge in [0.15, 0.2) is 17.2 Å². The van der Waals surface area contributed by atoms with Gasteiger partial charge in [-0.1, -0.05) is 12.1 Å². The zero-order chi connectivity index (χ0) is 27.8. The van der Waals surface area contributed by atoms with Gasteiger partial charge in [-0.25, -0.2) is 19.0 Å². The molecule has 1 saturated heterocycles. The third-order valence-corrected chi connectivity index (χ3v) is 7.68. The highest BCUT2D eigenvalue weighted by molar-refractivity contribution is 5.99. The van der Waals surface area contributed by atoms with Gasteiger partial charge in [-0.05, 0) is 80.5 Å². The molecule has 3 heterocycles. The Morgan fingerprint density at radius 3 is 2.65 bits per heavy atom. The number of allylic oxidation sites excluding steroid dienone is 1. The van der Waals surface area contributed by atoms with E-state index in [0.29, 0.717) is 47.3 Å². The van der Waals surface area contributed by atoms with Gasteiger partial charge in [0.25, 0.3) is 5.91 Å². The molecule has 9 nitrogen and oxygen atoms in total. The van der Waals surface area contributed by atoms with E-state index in [9.17, 15) is 14.4 Å². The highest BCUT2D eigenvalue weighted by Crippen LogP contribution is 2.38. The van der Waals surface area contributed by atoms with Crippen LogP contribution in [0.1, 0.15) is 32.6 Å². The van der Waals surface area contributed by atoms with Gasteiger partial charge in [-0.3, -0.25) is 4.79 Å². The number of fused-ring (bicyclic) bond motifs is 1. The third kappa shape index (κ3) is 4.75. The lowest BCUT2D eigenvalue weighted by molar-refractivity contribution is -0.127. The Morgan fingerprint density at radius 2 is 1.93 bits per heavy atom. The average molecular weight is 538 g/mol. The molecule has 2 aromatic heterocycles. The summed E-state index contributed by atoms with van der Waals surface area (Å²) < 4.78 is 21.5. The quantitative estimate of drug-likeness (QED) is 0.252. The van der Waals surface area contributed by atoms with Gasteiger partial charge >= 0.3 is 0 Å². The Labute approximate surface area is 230 Å². The summed E-state index contributed by atoms with van der Waals surface area (Å²) in [6, 6.07) is 15.4. The van der Waals surface area contributed by atoms with Crippen LogP contribution in [0.5, 0.6) is 11.5 Å². The van der Waals surface area contributed by atoms with Crippen LogP contribution in [0.25, 0.3) is 22.3 Å². The van der Waals surface area contributed by atoms with Crippen LogP contribution in [0.4, 0.5) is 10.2 Å². The number of hydrogen-bond acceptors (Lipinski definition) is 7. The molecular weight excluding hydrogens is 509 g/mol. The summed E-state index contributed by atoms with van der Waals surface area (Å²) in [6.45, 7) is 2.91. The van der Waals surface area contributed by atoms with E-state index in [4.69, 9.17) is 15.6 Å². The highest BCUT2D eigenvalue weighted by Gasteiger charge is 2.35. The first-order valence-electron chi connectivity index (χ1n) is 13.4. The van der Waals surface area contributed by atoms with Crippen molar-refractivity contribution in [3.05, 3.63) is 71.8 Å². The number of halogens is 1. The molecule has 1 amide bonds. The van der Waals surface area contributed by atoms with Crippen molar-refractivity contribution < 1.29 is 13.9 Å². The topological polar surface area (TPSA) is 123 Å². The summed E-state index contributed by atoms with van der Waals surface area (Å²) in [5.41, 5.74) is 9.39. The van der Waals surface area contributed by atoms with E-state index in [1.54, 1.807) is 39.9 Å². The van der Waals surface area contributed by atoms with Crippen LogP contribution < -0.4 is 10.5 Å². The summed E-state index contributed by atoms with van der Waals surface area (Å²) >= 11 is 0. The fraction of sp³-hybridized carbons (Fsp3) is 0.300. The monoisotopic (exact) mass is 537 g/mol. The molecule has 1 aliphatic carbocycles. The molecule has 0 spiro atoms. The van der Waals surface area contributed by atoms with Gasteiger partial charge < -0.3 is 15.4 Å². The second-order valence-electron chi connectivity index (χ2n) is 10.3. The molecule has 1 saturated carbocycles. The van der Waals surface area contributed by atoms with Crippen molar-refractivity contribution in [3.63, 3.8) is 0 Å². The number of likely N-dealkylation sites (tertiary alicyclic amines) is 1. The number of nitrogens with two attached hydrogens (primary N) is 1. The molecule has 0 bridgehead atoms. The number of rotatable bonds is 7. The number of nitrogens with zero attached hydrogens (tertiary/aromatic N) is 6. The normalized spacial score (nSPS) is 17.5. The largest absolute Gasteiger partial charge is 0.454 e. The number of nitriles is 1. The average Bonchev–Trinajstić information content (AvgIpc) is 3.60. The Hall–Kier alpha value is -4.78. The fourth-order valence-electron chi connectivity index (χ4n) is 5.36. The number of carbonyl (C=O) groups is 1. The first kappa shape index (κ1) is 25.5. The van der Waals surface area contributed by atoms with Crippen LogP contribution in [0.15, 0.2) is 66.0 Å². The van der Waals surface area contributed by atoms with Gasteiger partial charge in [0.1, 0.15) is 35.2 Å². The van der Waals surface area contributed by atoms with Gasteiger partial charge in [-0.15, -0.1) is 0 Å². The zero-order valence-electron chi connectivity index (χ0n) is 22.0. The van der Waals surface area contributed by atoms with Crippen LogP contribution in [0.2, 0.25) is 0 Å². The summed E-state index contributed by atoms with van der Waals surface area (Å²) in [6.07, 6.45) is 5.12. The Balaban J connectivity index is 1.29. The lowest BCUT2D eigenvalue weighted by atomic mass is 10.0. The molecule has 202 valence electrons. The number of anilines is 1. The molecular formula is C30H28FN7O2. The molecule has 0 unspecified atom stereocenters. The molecule has 2 fully saturated rings. The first-order valence-corrected chi connectivity index (χ1v) is 13.4. The van der Waals surface area contributed by atoms with E-state index in [1.807, 2.05) is 19.1 Å². The molecule has 2 aliphatic rings. The summed E-state index contributed by atoms with van der Waals surface area (Å²) in [7, 11) is 0. The van der Waals surface area contributed by atoms with Crippen molar-refractivity contribution in [2.45, 2.75) is 45.2 Å². The molecule has 2 aromatic carbocycles. The number of aromatic nitrogens is 4. The molecule has 10 heteroatoms. The van der Waals surface area contributed by atoms with Gasteiger partial charge in [0.05, 0.1) is 18.0 Å². The summed E-state index contributed by atoms with van der Waals surface area (Å²) in [5, 5.41) is 15.2. The van der Waals surface area contributed by atoms with Crippen molar-refractivity contribution in [3.8, 4) is 28.8 Å². The van der Waals surface area contributed by atoms with Crippen LogP contribution in [-0.4, -0.2) is 43.1 Å². The Bertz CT molecular complexity index is 1670. The van der Waals surface area contributed by atoms with E-state index < -0.39 is 5.82 Å². The number of nitrogen functional groups attached to an aromatic ring is 1. The maximum Gasteiger partial charge on any atom is 0.264 e. The predicted octanol–water partition coefficient (Wildman–Crippen LogP) is 5.25. The lowest BCUT2D eigenvalue weighted by Crippen LogP contribution is -2.39. The van der Waals surface area contributed by atoms with Gasteiger partial charge in [0.2, 0.25) is 0 Å². The minimum atomic E-state index is -0.444. The minimum Gasteiger partial charge on any atom is -0.454 e. The number of hydrogen-bond donors (Lipinski definition) is 1. The van der Waals surface area contributed by atoms with E-state index in [0.717, 1.165) is 36.8 Å². The second-order valence-corrected chi connectivity index (χ2v) is 10.3. The number of amides is 1. The van der Waals surface area contributed by atoms with E-state index in [2.05, 4.69) is 16.0 Å². The molecule has 4 aromatic rings. The standard InChI is InChI=1S/C30H28FN7O2/c1-18(19-8-9-19)23(15-32)30(39)37-14-4-5-21(37)16-38-29-26(28(33)34-17-35-29)27(36-38)20-10-12-22(13-11-20)40-25-7-3-2-6-24(25)31/h2-3,6-7,10-13,17,19,21H,4-5,8-9,14,16H2,1H3,(H2,33,34,35)/b23-18-/t21-/m1/s1. The fourth-order valence-corrected chi connectivity index (χ4v) is 5.36. The highest BCUT2D eigenvalue weighted by atomic mass is 19.1. The number of para-hydroxylation sites is 1. The Morgan fingerprint density at radius 1 is 1.15 bits per heavy atom. The van der Waals surface area contributed by atoms with Crippen molar-refractivity contribution in [2.75, 3.05) is 12.3 Å². The van der Waals surface area contributed by atoms with Crippen molar-refractivity contribution in [2.24, 2.45) is 5.92 Å². The van der Waals surface area contributed by atoms with Crippen molar-refractivity contribution in [1.29, 1.82) is 5.26 Å². The number of carbonyl (C=O) groups excluding carboxylic acids is 1. The van der Waals surface area contributed by atoms with Gasteiger partial charge in [-0.2, -0.15) is 10.4 Å². The smallest absolute Gasteiger partial charge is 0.264 e. The molecule has 1 atom stereocenters. The maximum absolute atomic E-state index is 14.0. The number of benzene rings is 2. The molecule has 40 heavy (non-hydrogen) atoms. The predicted molar refractivity (Wildman–Crippen MR) is 147 cm³/mol. The SMILES string of the molecule is C/C(=C(\C#N)C(=O)N1CCC[C@@H]1Cn1nc(-c2ccc(Oc3ccccc3F)cc2)c2c(N)ncnc21)C1CC1. The Kier molecular flexibility index (Phi) is 6.64. The van der Waals surface area contributed by atoms with Crippen LogP contribution in [0, 0.1) is 23.1 Å². The molecule has 6 rings (SSSR count). The lowest BCUT2D eigenvalue weighted by Gasteiger charge is -2.25. The van der Waals surface area contributed by atoms with Crippen LogP contribution >= 0.6 is 0 Å². The van der Waals surface area contributed by atoms with E-state index >= 15 is 0 Å². The zero-order valence-corrected chi connectivity index (χ0v) is 22.0. The summed E-state index contributed by atoms with van der Waals surface area (Å²) in [5.74, 6) is 0.615. The van der Waals surface area contributed by atoms with Gasteiger partial charge in [0, 0.05) is 12.1 Å². The first-order chi connectivity index (χ1) is 19.4. The third-order valence-electron chi connectivity index (χ3n) is 7.68. The van der Waals surface area contributed by atoms with E-state index in [-0.39, 0.29) is 23.3 Å². The van der Waals surface area contributed by atoms with Crippen molar-refractivity contribution >= 4 is 22.8 Å². The summed E-state index contributed by atoms with van der Waals surface area (Å²) in [4.78, 5) is 23.9. The maximum atomic E-state index is 14.0. The van der Waals surface area contributed by atoms with Crippen LogP contribution in [0.3, 0.4) is 0 Å². The van der Waals surface area contributed by atoms with Crippen molar-refractivity contribution in [1.82, 2.24) is 24.6 Å². The molecule has 1 aliphatic heterocycles. The van der Waals surface area contributed by atoms with E-state index in [1.165, 1.54) is 12.4 Å². The molecule has 0 radical (unpaired) electrons. The van der Waals surface area contributed by atoms with Crippen LogP contribution in [-0.2, 0) is 11.3 Å².